The van der Waals surface area contributed by atoms with Crippen molar-refractivity contribution >= 4 is 87.0 Å². The molecule has 0 saturated carbocycles. The molecule has 60 heavy (non-hydrogen) atoms. The molecule has 5 aromatic carbocycles. The van der Waals surface area contributed by atoms with Gasteiger partial charge in [-0.1, -0.05) is 0 Å². The normalized spacial score (nSPS) is 11.2. The number of carbonyl (C=O) groups excluding carboxylic acids is 4. The van der Waals surface area contributed by atoms with E-state index in [-0.39, 0.29) is 0 Å². The third kappa shape index (κ3) is 12.3. The van der Waals surface area contributed by atoms with E-state index in [1.54, 1.807) is 48.5 Å². The molecule has 8 nitrogen and oxygen atoms in total. The van der Waals surface area contributed by atoms with Crippen LogP contribution in [0.4, 0.5) is 0 Å². The summed E-state index contributed by atoms with van der Waals surface area (Å²) in [5.41, 5.74) is 1.64. The molecule has 0 aliphatic heterocycles. The van der Waals surface area contributed by atoms with Crippen LogP contribution in [0.15, 0.2) is 221 Å². The first-order chi connectivity index (χ1) is 29.3. The molecule has 0 amide bonds. The van der Waals surface area contributed by atoms with Crippen LogP contribution in [0.2, 0.25) is 0 Å². The molecule has 0 heterocycles. The molecule has 0 radical (unpaired) electrons. The number of hydrogen-bond donors (Lipinski definition) is 0. The molecule has 0 N–H and O–H groups in total. The number of esters is 4. The third-order valence-electron chi connectivity index (χ3n) is 8.37. The van der Waals surface area contributed by atoms with E-state index in [9.17, 15) is 19.2 Å². The fourth-order valence-electron chi connectivity index (χ4n) is 5.53. The van der Waals surface area contributed by atoms with Crippen molar-refractivity contribution in [1.29, 1.82) is 0 Å². The maximum absolute atomic E-state index is 12.7. The average molecular weight is 1190 g/mol. The third-order valence-corrected chi connectivity index (χ3v) is 27.4. The number of hydrogen-bond acceptors (Lipinski definition) is 8. The Labute approximate surface area is 365 Å². The van der Waals surface area contributed by atoms with Crippen LogP contribution in [0.5, 0.6) is 0 Å². The molecule has 0 aromatic heterocycles. The fourth-order valence-corrected chi connectivity index (χ4v) is 22.9. The molecule has 10 heteroatoms. The molecule has 0 unspecified atom stereocenters. The van der Waals surface area contributed by atoms with Gasteiger partial charge in [-0.15, -0.1) is 0 Å². The van der Waals surface area contributed by atoms with E-state index in [0.29, 0.717) is 22.3 Å². The fraction of sp³-hybridized carbons (Fsp3) is 0. The Morgan fingerprint density at radius 3 is 0.650 bits per heavy atom. The number of carbonyl (C=O) groups is 4. The maximum atomic E-state index is 12.7. The van der Waals surface area contributed by atoms with Gasteiger partial charge in [0, 0.05) is 0 Å². The first kappa shape index (κ1) is 44.8. The van der Waals surface area contributed by atoms with Crippen molar-refractivity contribution in [1.82, 2.24) is 0 Å². The van der Waals surface area contributed by atoms with Gasteiger partial charge in [0.05, 0.1) is 0 Å². The van der Waals surface area contributed by atoms with Crippen molar-refractivity contribution in [2.45, 2.75) is 0 Å². The Hall–Kier alpha value is -6.33. The molecule has 0 bridgehead atoms. The Morgan fingerprint density at radius 2 is 0.483 bits per heavy atom. The molecule has 5 rings (SSSR count). The van der Waals surface area contributed by atoms with Crippen LogP contribution in [-0.4, -0.2) is 67.4 Å². The van der Waals surface area contributed by atoms with Crippen LogP contribution in [0.25, 0.3) is 0 Å². The zero-order chi connectivity index (χ0) is 42.7. The SMILES string of the molecule is C=CC=COC(=O)c1cc[c]([Bi]([c]2ccc(C(=O)OC=CC=C)cc2)[c]2cc[c]([Bi]([c]3ccc(C(=O)OC=CC=C)cc3)[c]3ccc(C(=O)OC=CC=C)cc3)cc2)cc1. The monoisotopic (exact) mass is 1190 g/mol. The number of allylic oxidation sites excluding steroid dienone is 8. The second-order valence-electron chi connectivity index (χ2n) is 12.3. The molecule has 0 fully saturated rings. The summed E-state index contributed by atoms with van der Waals surface area (Å²) in [6.07, 6.45) is 17.4. The van der Waals surface area contributed by atoms with Gasteiger partial charge in [-0.25, -0.2) is 0 Å². The quantitative estimate of drug-likeness (QED) is 0.0339. The zero-order valence-corrected chi connectivity index (χ0v) is 39.4. The first-order valence-electron chi connectivity index (χ1n) is 18.3. The van der Waals surface area contributed by atoms with Crippen LogP contribution >= 0.6 is 0 Å². The summed E-state index contributed by atoms with van der Waals surface area (Å²) in [6.45, 7) is 14.4. The van der Waals surface area contributed by atoms with Crippen molar-refractivity contribution in [3.8, 4) is 0 Å². The van der Waals surface area contributed by atoms with E-state index in [1.165, 1.54) is 80.2 Å². The summed E-state index contributed by atoms with van der Waals surface area (Å²) >= 11 is -6.16. The van der Waals surface area contributed by atoms with Crippen LogP contribution in [0, 0.1) is 0 Å². The molecule has 0 spiro atoms. The van der Waals surface area contributed by atoms with Crippen LogP contribution in [-0.2, 0) is 18.9 Å². The Balaban J connectivity index is 1.54. The van der Waals surface area contributed by atoms with Gasteiger partial charge in [-0.3, -0.25) is 0 Å². The minimum absolute atomic E-state index is 0.411. The topological polar surface area (TPSA) is 105 Å². The van der Waals surface area contributed by atoms with Crippen molar-refractivity contribution in [3.63, 3.8) is 0 Å². The van der Waals surface area contributed by atoms with Gasteiger partial charge in [0.2, 0.25) is 0 Å². The molecular weight excluding hydrogens is 1150 g/mol. The summed E-state index contributed by atoms with van der Waals surface area (Å²) in [4.78, 5) is 50.7. The molecular formula is C50H40Bi2O8. The van der Waals surface area contributed by atoms with Gasteiger partial charge < -0.3 is 0 Å². The molecule has 298 valence electrons. The molecule has 5 aromatic rings. The van der Waals surface area contributed by atoms with Gasteiger partial charge in [-0.05, 0) is 0 Å². The van der Waals surface area contributed by atoms with Gasteiger partial charge >= 0.3 is 369 Å². The summed E-state index contributed by atoms with van der Waals surface area (Å²) in [7, 11) is 0. The Kier molecular flexibility index (Phi) is 17.4. The second kappa shape index (κ2) is 23.3. The van der Waals surface area contributed by atoms with Crippen molar-refractivity contribution in [2.75, 3.05) is 0 Å². The van der Waals surface area contributed by atoms with E-state index >= 15 is 0 Å². The van der Waals surface area contributed by atoms with E-state index in [4.69, 9.17) is 18.9 Å². The Bertz CT molecular complexity index is 2120. The summed E-state index contributed by atoms with van der Waals surface area (Å²) < 4.78 is 27.6. The Morgan fingerprint density at radius 1 is 0.317 bits per heavy atom. The number of ether oxygens (including phenoxy) is 4. The van der Waals surface area contributed by atoms with Crippen LogP contribution < -0.4 is 19.6 Å². The van der Waals surface area contributed by atoms with E-state index < -0.39 is 67.4 Å². The van der Waals surface area contributed by atoms with E-state index in [1.807, 2.05) is 48.5 Å². The summed E-state index contributed by atoms with van der Waals surface area (Å²) in [6, 6.07) is 38.7. The zero-order valence-electron chi connectivity index (χ0n) is 32.5. The van der Waals surface area contributed by atoms with Crippen LogP contribution in [0.1, 0.15) is 41.4 Å². The van der Waals surface area contributed by atoms with Gasteiger partial charge in [0.15, 0.2) is 0 Å². The minimum atomic E-state index is -3.08. The summed E-state index contributed by atoms with van der Waals surface area (Å²) in [5, 5.41) is 0. The second-order valence-corrected chi connectivity index (χ2v) is 29.5. The predicted octanol–water partition coefficient (Wildman–Crippen LogP) is 6.15. The average Bonchev–Trinajstić information content (AvgIpc) is 3.28. The molecule has 0 atom stereocenters. The standard InChI is InChI=1S/4C11H9O2.C6H4.2Bi/c4*1-2-3-9-13-11(12)10-7-5-4-6-8-10;1-2-4-6-5-3-1;;/h4*2-3,5-9H,1H2;1-2,5-6H;;. The van der Waals surface area contributed by atoms with Crippen molar-refractivity contribution < 1.29 is 38.1 Å². The van der Waals surface area contributed by atoms with Gasteiger partial charge in [0.25, 0.3) is 0 Å². The molecule has 0 saturated heterocycles. The van der Waals surface area contributed by atoms with Gasteiger partial charge in [0.1, 0.15) is 0 Å². The van der Waals surface area contributed by atoms with Crippen LogP contribution in [0.3, 0.4) is 0 Å². The van der Waals surface area contributed by atoms with Gasteiger partial charge in [-0.2, -0.15) is 0 Å². The summed E-state index contributed by atoms with van der Waals surface area (Å²) in [5.74, 6) is -1.92. The van der Waals surface area contributed by atoms with E-state index in [2.05, 4.69) is 50.6 Å². The first-order valence-corrected chi connectivity index (χ1v) is 28.8. The van der Waals surface area contributed by atoms with Crippen molar-refractivity contribution in [2.24, 2.45) is 0 Å². The van der Waals surface area contributed by atoms with Crippen molar-refractivity contribution in [3.05, 3.63) is 244 Å². The van der Waals surface area contributed by atoms with E-state index in [0.717, 1.165) is 13.1 Å². The molecule has 0 aliphatic carbocycles. The predicted molar refractivity (Wildman–Crippen MR) is 241 cm³/mol. The molecule has 0 aliphatic rings. The number of benzene rings is 5. The number of rotatable bonds is 18.